The molecular weight excluding hydrogens is 2180 g/mol. The second kappa shape index (κ2) is 55.1. The molecule has 2 amide bonds. The zero-order chi connectivity index (χ0) is 90.0. The van der Waals surface area contributed by atoms with Crippen LogP contribution in [0.15, 0.2) is 91.0 Å². The molecule has 0 aromatic heterocycles. The summed E-state index contributed by atoms with van der Waals surface area (Å²) in [6.07, 6.45) is 39.1. The molecule has 30 heteroatoms. The maximum Gasteiger partial charge on any atom is 0.410 e. The minimum Gasteiger partial charge on any atom is -0.508 e. The number of nitrogens with one attached hydrogen (secondary N) is 1. The first-order valence-corrected chi connectivity index (χ1v) is 52.9. The van der Waals surface area contributed by atoms with Crippen LogP contribution in [0.1, 0.15) is 261 Å². The minimum atomic E-state index is -1.00. The molecule has 12 nitrogen and oxygen atoms in total. The number of hydrogen-bond donors (Lipinski definition) is 3. The topological polar surface area (TPSA) is 164 Å². The van der Waals surface area contributed by atoms with Crippen LogP contribution < -0.4 is 11.5 Å². The van der Waals surface area contributed by atoms with Crippen molar-refractivity contribution in [2.24, 2.45) is 29.6 Å². The first-order valence-electron chi connectivity index (χ1n) is 45.9. The predicted octanol–water partition coefficient (Wildman–Crippen LogP) is 29.8. The number of carbonyl (C=O) groups is 2. The van der Waals surface area contributed by atoms with E-state index < -0.39 is 20.0 Å². The van der Waals surface area contributed by atoms with E-state index in [0.29, 0.717) is 58.5 Å². The number of aryl methyl sites for hydroxylation is 4. The van der Waals surface area contributed by atoms with Crippen molar-refractivity contribution in [1.82, 2.24) is 31.1 Å². The van der Waals surface area contributed by atoms with Crippen LogP contribution >= 0.6 is 209 Å². The molecule has 5 heterocycles. The summed E-state index contributed by atoms with van der Waals surface area (Å²) in [4.78, 5) is 34.2. The third-order valence-corrected chi connectivity index (χ3v) is 31.2. The summed E-state index contributed by atoms with van der Waals surface area (Å²) >= 11 is 62.1. The van der Waals surface area contributed by atoms with E-state index >= 15 is 0 Å². The Labute approximate surface area is 870 Å². The fourth-order valence-corrected chi connectivity index (χ4v) is 26.6. The van der Waals surface area contributed by atoms with E-state index in [2.05, 4.69) is 183 Å². The van der Waals surface area contributed by atoms with Gasteiger partial charge in [-0.3, -0.25) is 4.39 Å². The number of halogens is 17. The van der Waals surface area contributed by atoms with Crippen molar-refractivity contribution in [2.75, 3.05) is 72.5 Å². The number of phenols is 1. The quantitative estimate of drug-likeness (QED) is 0.115. The normalized spacial score (nSPS) is 29.3. The number of phenolic OH excluding ortho intramolecular Hbond substituents is 1. The van der Waals surface area contributed by atoms with Crippen molar-refractivity contribution in [3.05, 3.63) is 169 Å². The summed E-state index contributed by atoms with van der Waals surface area (Å²) in [5, 5.41) is 14.0. The molecule has 0 unspecified atom stereocenters. The van der Waals surface area contributed by atoms with Gasteiger partial charge in [-0.1, -0.05) is 277 Å². The van der Waals surface area contributed by atoms with Gasteiger partial charge in [0.15, 0.2) is 12.9 Å². The number of rotatable bonds is 2. The number of benzene rings is 5. The Hall–Kier alpha value is -0.175. The van der Waals surface area contributed by atoms with Crippen molar-refractivity contribution in [3.8, 4) is 5.75 Å². The number of amides is 2. The molecule has 5 aromatic carbocycles. The van der Waals surface area contributed by atoms with Crippen LogP contribution in [0.2, 0.25) is 0 Å². The van der Waals surface area contributed by atoms with Gasteiger partial charge in [-0.25, -0.2) is 9.59 Å². The first-order chi connectivity index (χ1) is 59.3. The molecule has 5 aromatic rings. The lowest BCUT2D eigenvalue weighted by Crippen LogP contribution is -2.62. The van der Waals surface area contributed by atoms with Crippen molar-refractivity contribution in [2.45, 2.75) is 312 Å². The number of nitrogens with zero attached hydrogens (tertiary/aromatic N) is 4. The second-order valence-electron chi connectivity index (χ2n) is 37.0. The van der Waals surface area contributed by atoms with Crippen molar-refractivity contribution >= 4 is 224 Å². The monoisotopic (exact) mass is 2310 g/mol. The molecule has 10 aliphatic carbocycles. The maximum atomic E-state index is 12.4. The molecular formula is C98H144BBr5Cl11FN6O6. The van der Waals surface area contributed by atoms with Crippen molar-refractivity contribution in [1.29, 1.82) is 0 Å². The van der Waals surface area contributed by atoms with Crippen LogP contribution in [0, 0.1) is 57.3 Å². The van der Waals surface area contributed by atoms with Crippen LogP contribution in [0.4, 0.5) is 14.0 Å². The number of aromatic hydroxyl groups is 1. The van der Waals surface area contributed by atoms with Gasteiger partial charge in [-0.2, -0.15) is 0 Å². The third-order valence-electron chi connectivity index (χ3n) is 31.2. The smallest absolute Gasteiger partial charge is 0.410 e. The standard InChI is InChI=1S/C20H27NO2.C19H25NO3.2C18H25N.C17H23N.3CHCl3.CH2Cl2.CH3F.CH4.BBr3.2BrH.H3N.H2O/c1-3-23-19(22)21-11-10-20-9-5-4-6-16(20)18(21)13-15-8-7-14(2)12-17(15)20;1-2-23-18(22)20-10-9-19-8-4-3-5-15(19)17(20)11-13-6-7-14(21)12-16(13)19;2*1-13-6-7-14-12-17-15-5-3-4-8-18(15,16(14)11-13)9-10-19(17)2;1-12-5-6-13-11-16-14-4-2-3-7-17(14,8-9-18-16)15(13)10-12;3*2-1(3)4;2-1-3;1-2;;2-1(3)4;;;;/h7-8,12,16,18H,3-6,9-11,13H2,1-2H3;6-7,12,15,17,21H,2-5,8-11H2,1H3;2*6-7,11,15,17H,3-5,8-10,12H2,1-2H3;5-6,10,14,16,18H,2-4,7-9,11H2,1H3;3*1H;1H2;1H3;1H4;;2*1H;1H3;1H2/t16-,18+,20+;15-,17+,19+;2*15-,17+,18+;14-,16+,17+;;;;;;;;;;;/m11111.........../s1/i;;;;;;;;;1D;;;;;;. The van der Waals surface area contributed by atoms with E-state index in [-0.39, 0.29) is 85.2 Å². The van der Waals surface area contributed by atoms with Gasteiger partial charge < -0.3 is 51.1 Å². The minimum absolute atomic E-state index is 0. The number of alkyl halides is 12. The second-order valence-corrected chi connectivity index (χ2v) is 50.1. The van der Waals surface area contributed by atoms with Gasteiger partial charge in [0.2, 0.25) is 0 Å². The highest BCUT2D eigenvalue weighted by molar-refractivity contribution is 9.69. The van der Waals surface area contributed by atoms with E-state index in [1.165, 1.54) is 226 Å². The lowest BCUT2D eigenvalue weighted by molar-refractivity contribution is -0.0113. The number of fused-ring (bicyclic) bond motifs is 5. The summed E-state index contributed by atoms with van der Waals surface area (Å²) in [5.41, 5.74) is 23.7. The summed E-state index contributed by atoms with van der Waals surface area (Å²) < 4.78 is 24.2. The van der Waals surface area contributed by atoms with Gasteiger partial charge in [-0.05, 0) is 301 Å². The van der Waals surface area contributed by atoms with Gasteiger partial charge >= 0.3 is 15.4 Å². The molecule has 5 saturated carbocycles. The van der Waals surface area contributed by atoms with Gasteiger partial charge in [0.05, 0.1) is 27.1 Å². The molecule has 5 saturated heterocycles. The van der Waals surface area contributed by atoms with Crippen LogP contribution in [-0.4, -0.2) is 161 Å². The number of likely N-dealkylation sites (tertiary alicyclic amines) is 4. The highest BCUT2D eigenvalue weighted by Gasteiger charge is 2.59. The number of carbonyl (C=O) groups excluding carboxylic acids is 2. The van der Waals surface area contributed by atoms with E-state index in [9.17, 15) is 19.1 Å². The van der Waals surface area contributed by atoms with Crippen LogP contribution in [0.25, 0.3) is 0 Å². The number of likely N-dealkylation sites (N-methyl/N-ethyl adjacent to an activating group) is 2. The van der Waals surface area contributed by atoms with E-state index in [4.69, 9.17) is 138 Å². The molecule has 0 spiro atoms. The number of ether oxygens (including phenoxy) is 2. The third kappa shape index (κ3) is 27.7. The maximum absolute atomic E-state index is 12.4. The molecule has 724 valence electrons. The zero-order valence-electron chi connectivity index (χ0n) is 76.4. The summed E-state index contributed by atoms with van der Waals surface area (Å²) in [6, 6.07) is 37.5. The fourth-order valence-electron chi connectivity index (χ4n) is 26.6. The average molecular weight is 2320 g/mol. The molecule has 20 rings (SSSR count). The Balaban J connectivity index is 0.000000268. The van der Waals surface area contributed by atoms with Crippen LogP contribution in [0.5, 0.6) is 5.75 Å². The van der Waals surface area contributed by atoms with E-state index in [1.54, 1.807) is 45.0 Å². The summed E-state index contributed by atoms with van der Waals surface area (Å²) in [6.45, 7) is 19.1. The molecule has 10 fully saturated rings. The Morgan fingerprint density at radius 2 is 0.711 bits per heavy atom. The SMILES string of the molecule is Br.Br.BrB(Br)Br.C.CCOC(=O)N1CC[C@@]23CCCC[C@@H]2[C@@H]1Cc1ccc(C)cc13.CCOC(=O)N1CC[C@@]23CCCC[C@@H]2[C@@H]1Cc1ccc(O)cc13.Cc1ccc2c(c1)[C@]13CCCC[C@@H]1[C@H](C2)N(C)CC3.Cc1ccc2c(c1)[C@]13CCCC[C@@H]1[C@H](C2)N(C)CC3.Cc1ccc2c(c1)[C@]13CCCC[C@@H]1[C@H](C2)NCC3.ClC(Cl)Cl.ClC(Cl)Cl.ClC(Cl)Cl.ClCCl.N.O.[2H]CF. The van der Waals surface area contributed by atoms with E-state index in [0.717, 1.165) is 74.7 Å². The van der Waals surface area contributed by atoms with Crippen molar-refractivity contribution < 1.29 is 35.4 Å². The lowest BCUT2D eigenvalue weighted by Gasteiger charge is -2.58. The molecule has 10 bridgehead atoms. The molecule has 7 N–H and O–H groups in total. The fraction of sp³-hybridized carbons (Fsp3) is 0.673. The molecule has 0 radical (unpaired) electrons. The van der Waals surface area contributed by atoms with Gasteiger partial charge in [-0.15, -0.1) is 104 Å². The Morgan fingerprint density at radius 1 is 0.461 bits per heavy atom. The Morgan fingerprint density at radius 3 is 1.02 bits per heavy atom. The Kier molecular flexibility index (Phi) is 50.2. The Bertz CT molecular complexity index is 4030. The molecule has 5 aliphatic heterocycles. The lowest BCUT2D eigenvalue weighted by atomic mass is 9.52. The number of piperidine rings is 5. The average Bonchev–Trinajstić information content (AvgIpc) is 0.720. The zero-order valence-corrected chi connectivity index (χ0v) is 91.9. The van der Waals surface area contributed by atoms with Crippen LogP contribution in [0.3, 0.4) is 0 Å². The summed E-state index contributed by atoms with van der Waals surface area (Å²) in [7, 11) is 3.70. The predicted molar refractivity (Wildman–Crippen MR) is 568 cm³/mol. The largest absolute Gasteiger partial charge is 0.508 e. The van der Waals surface area contributed by atoms with Crippen molar-refractivity contribution in [3.63, 3.8) is 0 Å². The highest BCUT2D eigenvalue weighted by atomic mass is 79.9. The number of hydrogen-bond acceptors (Lipinski definition) is 9. The molecule has 128 heavy (non-hydrogen) atoms. The van der Waals surface area contributed by atoms with Crippen LogP contribution in [-0.2, 0) is 68.7 Å². The summed E-state index contributed by atoms with van der Waals surface area (Å²) in [5.74, 6) is 4.25. The highest BCUT2D eigenvalue weighted by Crippen LogP contribution is 2.61. The van der Waals surface area contributed by atoms with Gasteiger partial charge in [0.25, 0.3) is 0 Å². The molecule has 15 aliphatic rings. The van der Waals surface area contributed by atoms with Gasteiger partial charge in [0.1, 0.15) is 5.75 Å². The molecule has 15 atom stereocenters. The van der Waals surface area contributed by atoms with Gasteiger partial charge in [0, 0.05) is 70.4 Å². The van der Waals surface area contributed by atoms with E-state index in [1.807, 2.05) is 29.7 Å². The first kappa shape index (κ1) is 117.